The summed E-state index contributed by atoms with van der Waals surface area (Å²) in [5.41, 5.74) is 7.12. The Labute approximate surface area is 179 Å². The molecular weight excluding hydrogens is 371 g/mol. The number of rotatable bonds is 7. The summed E-state index contributed by atoms with van der Waals surface area (Å²) in [6.07, 6.45) is 9.93. The van der Waals surface area contributed by atoms with Gasteiger partial charge in [0, 0.05) is 17.3 Å². The van der Waals surface area contributed by atoms with Crippen molar-refractivity contribution in [3.63, 3.8) is 0 Å². The number of nitrogens with one attached hydrogen (secondary N) is 1. The molecule has 30 heavy (non-hydrogen) atoms. The number of fused-ring (bicyclic) bond motifs is 1. The molecule has 2 aromatic rings. The van der Waals surface area contributed by atoms with E-state index in [0.717, 1.165) is 41.1 Å². The number of allylic oxidation sites excluding steroid dienone is 6. The van der Waals surface area contributed by atoms with E-state index in [-0.39, 0.29) is 5.82 Å². The van der Waals surface area contributed by atoms with Gasteiger partial charge in [-0.3, -0.25) is 4.99 Å². The quantitative estimate of drug-likeness (QED) is 0.421. The average Bonchev–Trinajstić information content (AvgIpc) is 3.15. The molecule has 2 aromatic carbocycles. The van der Waals surface area contributed by atoms with Crippen LogP contribution in [0.4, 0.5) is 4.39 Å². The minimum atomic E-state index is -0.257. The molecule has 0 aromatic heterocycles. The largest absolute Gasteiger partial charge is 0.381 e. The van der Waals surface area contributed by atoms with Gasteiger partial charge in [0.05, 0.1) is 11.4 Å². The van der Waals surface area contributed by atoms with E-state index in [1.807, 2.05) is 45.1 Å². The lowest BCUT2D eigenvalue weighted by atomic mass is 10.1. The summed E-state index contributed by atoms with van der Waals surface area (Å²) in [6, 6.07) is 15.3. The molecule has 0 heterocycles. The zero-order valence-corrected chi connectivity index (χ0v) is 18.0. The number of hydrogen-bond acceptors (Lipinski definition) is 2. The van der Waals surface area contributed by atoms with Gasteiger partial charge in [-0.2, -0.15) is 0 Å². The Bertz CT molecular complexity index is 998. The van der Waals surface area contributed by atoms with Crippen LogP contribution >= 0.6 is 0 Å². The van der Waals surface area contributed by atoms with Crippen LogP contribution in [0.15, 0.2) is 95.7 Å². The van der Waals surface area contributed by atoms with Gasteiger partial charge in [0.2, 0.25) is 0 Å². The maximum atomic E-state index is 13.4. The fourth-order valence-electron chi connectivity index (χ4n) is 3.63. The van der Waals surface area contributed by atoms with Crippen LogP contribution in [0, 0.1) is 5.82 Å². The molecule has 0 fully saturated rings. The number of halogens is 1. The second kappa shape index (κ2) is 10.0. The first-order valence-electron chi connectivity index (χ1n) is 10.3. The molecule has 3 rings (SSSR count). The van der Waals surface area contributed by atoms with Crippen LogP contribution in [0.3, 0.4) is 0 Å². The van der Waals surface area contributed by atoms with Crippen LogP contribution in [0.1, 0.15) is 37.5 Å². The molecule has 2 nitrogen and oxygen atoms in total. The third-order valence-electron chi connectivity index (χ3n) is 5.29. The highest BCUT2D eigenvalue weighted by atomic mass is 19.1. The van der Waals surface area contributed by atoms with Crippen molar-refractivity contribution in [2.24, 2.45) is 4.99 Å². The van der Waals surface area contributed by atoms with E-state index in [4.69, 9.17) is 4.99 Å². The summed E-state index contributed by atoms with van der Waals surface area (Å²) in [7, 11) is 0. The Balaban J connectivity index is 1.82. The SMILES string of the molecule is C=C(NC1Cc2ccccc2C1)C(C)=N/C(=C(C)/C=C\C=C/C)c1ccc(F)cc1. The van der Waals surface area contributed by atoms with Crippen molar-refractivity contribution in [3.05, 3.63) is 113 Å². The lowest BCUT2D eigenvalue weighted by Gasteiger charge is -2.17. The summed E-state index contributed by atoms with van der Waals surface area (Å²) in [4.78, 5) is 4.88. The number of benzene rings is 2. The Hall–Kier alpha value is -3.20. The minimum absolute atomic E-state index is 0.257. The normalized spacial score (nSPS) is 15.5. The molecule has 0 spiro atoms. The van der Waals surface area contributed by atoms with E-state index in [1.54, 1.807) is 12.1 Å². The van der Waals surface area contributed by atoms with E-state index in [2.05, 4.69) is 36.2 Å². The van der Waals surface area contributed by atoms with Crippen molar-refractivity contribution < 1.29 is 4.39 Å². The Morgan fingerprint density at radius 1 is 1.03 bits per heavy atom. The first kappa shape index (κ1) is 21.5. The molecule has 0 unspecified atom stereocenters. The molecule has 0 saturated carbocycles. The van der Waals surface area contributed by atoms with E-state index in [0.29, 0.717) is 6.04 Å². The highest BCUT2D eigenvalue weighted by Crippen LogP contribution is 2.24. The lowest BCUT2D eigenvalue weighted by Crippen LogP contribution is -2.31. The fraction of sp³-hybridized carbons (Fsp3) is 0.222. The first-order valence-corrected chi connectivity index (χ1v) is 10.3. The summed E-state index contributed by atoms with van der Waals surface area (Å²) in [5.74, 6) is -0.257. The molecule has 0 saturated heterocycles. The fourth-order valence-corrected chi connectivity index (χ4v) is 3.63. The van der Waals surface area contributed by atoms with Crippen LogP contribution in [-0.4, -0.2) is 11.8 Å². The molecular formula is C27H29FN2. The van der Waals surface area contributed by atoms with Crippen LogP contribution in [0.5, 0.6) is 0 Å². The molecule has 1 N–H and O–H groups in total. The van der Waals surface area contributed by atoms with E-state index in [1.165, 1.54) is 23.3 Å². The molecule has 3 heteroatoms. The second-order valence-corrected chi connectivity index (χ2v) is 7.62. The second-order valence-electron chi connectivity index (χ2n) is 7.62. The predicted octanol–water partition coefficient (Wildman–Crippen LogP) is 6.42. The Kier molecular flexibility index (Phi) is 7.18. The zero-order chi connectivity index (χ0) is 21.5. The number of aliphatic imine (C=N–C) groups is 1. The van der Waals surface area contributed by atoms with Crippen molar-refractivity contribution >= 4 is 11.4 Å². The van der Waals surface area contributed by atoms with Crippen LogP contribution in [0.25, 0.3) is 5.70 Å². The Morgan fingerprint density at radius 2 is 1.67 bits per heavy atom. The lowest BCUT2D eigenvalue weighted by molar-refractivity contribution is 0.610. The monoisotopic (exact) mass is 400 g/mol. The highest BCUT2D eigenvalue weighted by molar-refractivity contribution is 6.00. The molecule has 0 atom stereocenters. The molecule has 0 amide bonds. The maximum absolute atomic E-state index is 13.4. The van der Waals surface area contributed by atoms with E-state index < -0.39 is 0 Å². The summed E-state index contributed by atoms with van der Waals surface area (Å²) in [5, 5.41) is 3.55. The molecule has 1 aliphatic carbocycles. The van der Waals surface area contributed by atoms with Gasteiger partial charge in [0.1, 0.15) is 5.82 Å². The molecule has 0 radical (unpaired) electrons. The van der Waals surface area contributed by atoms with Gasteiger partial charge in [0.15, 0.2) is 0 Å². The van der Waals surface area contributed by atoms with E-state index in [9.17, 15) is 4.39 Å². The number of hydrogen-bond donors (Lipinski definition) is 1. The van der Waals surface area contributed by atoms with Crippen LogP contribution in [0.2, 0.25) is 0 Å². The zero-order valence-electron chi connectivity index (χ0n) is 18.0. The summed E-state index contributed by atoms with van der Waals surface area (Å²) >= 11 is 0. The van der Waals surface area contributed by atoms with E-state index >= 15 is 0 Å². The van der Waals surface area contributed by atoms with Crippen LogP contribution in [-0.2, 0) is 12.8 Å². The van der Waals surface area contributed by atoms with Crippen molar-refractivity contribution in [2.75, 3.05) is 0 Å². The van der Waals surface area contributed by atoms with Gasteiger partial charge in [-0.05, 0) is 74.6 Å². The number of nitrogens with zero attached hydrogens (tertiary/aromatic N) is 1. The van der Waals surface area contributed by atoms with Crippen molar-refractivity contribution in [1.82, 2.24) is 5.32 Å². The molecule has 0 aliphatic heterocycles. The molecule has 154 valence electrons. The van der Waals surface area contributed by atoms with Gasteiger partial charge < -0.3 is 5.32 Å². The van der Waals surface area contributed by atoms with Crippen molar-refractivity contribution in [1.29, 1.82) is 0 Å². The third kappa shape index (κ3) is 5.44. The maximum Gasteiger partial charge on any atom is 0.123 e. The topological polar surface area (TPSA) is 24.4 Å². The van der Waals surface area contributed by atoms with Gasteiger partial charge in [0.25, 0.3) is 0 Å². The third-order valence-corrected chi connectivity index (χ3v) is 5.29. The molecule has 1 aliphatic rings. The standard InChI is InChI=1S/C27H29FN2/c1-5-6-7-10-19(2)27(22-13-15-25(28)16-14-22)30-21(4)20(3)29-26-17-23-11-8-9-12-24(23)18-26/h5-16,26,29H,3,17-18H2,1-2,4H3/b6-5-,10-7-,27-19+,30-21?. The molecule has 0 bridgehead atoms. The minimum Gasteiger partial charge on any atom is -0.381 e. The summed E-state index contributed by atoms with van der Waals surface area (Å²) in [6.45, 7) is 10.2. The smallest absolute Gasteiger partial charge is 0.123 e. The van der Waals surface area contributed by atoms with Gasteiger partial charge in [-0.25, -0.2) is 4.39 Å². The average molecular weight is 401 g/mol. The van der Waals surface area contributed by atoms with Crippen molar-refractivity contribution in [2.45, 2.75) is 39.7 Å². The van der Waals surface area contributed by atoms with Gasteiger partial charge in [-0.15, -0.1) is 0 Å². The van der Waals surface area contributed by atoms with Gasteiger partial charge in [-0.1, -0.05) is 55.1 Å². The highest BCUT2D eigenvalue weighted by Gasteiger charge is 2.21. The van der Waals surface area contributed by atoms with Crippen molar-refractivity contribution in [3.8, 4) is 0 Å². The summed E-state index contributed by atoms with van der Waals surface area (Å²) < 4.78 is 13.4. The Morgan fingerprint density at radius 3 is 2.27 bits per heavy atom. The van der Waals surface area contributed by atoms with Gasteiger partial charge >= 0.3 is 0 Å². The van der Waals surface area contributed by atoms with Crippen LogP contribution < -0.4 is 5.32 Å². The predicted molar refractivity (Wildman–Crippen MR) is 126 cm³/mol. The first-order chi connectivity index (χ1) is 14.5.